The van der Waals surface area contributed by atoms with E-state index in [1.54, 1.807) is 0 Å². The highest BCUT2D eigenvalue weighted by Crippen LogP contribution is 2.38. The molecule has 29 heteroatoms. The van der Waals surface area contributed by atoms with Gasteiger partial charge < -0.3 is 84.5 Å². The van der Waals surface area contributed by atoms with Crippen molar-refractivity contribution in [2.45, 2.75) is 144 Å². The zero-order valence-electron chi connectivity index (χ0n) is 32.7. The largest absolute Gasteiger partial charge is 0.481 e. The zero-order valence-corrected chi connectivity index (χ0v) is 34.3. The highest BCUT2D eigenvalue weighted by molar-refractivity contribution is 7.81. The minimum atomic E-state index is -5.20. The molecule has 8 unspecified atom stereocenters. The number of unbranched alkanes of at least 4 members (excludes halogenated alkanes) is 2. The summed E-state index contributed by atoms with van der Waals surface area (Å²) in [5, 5.41) is 85.8. The van der Waals surface area contributed by atoms with E-state index in [9.17, 15) is 76.4 Å². The number of aliphatic hydroxyl groups excluding tert-OH is 7. The first-order chi connectivity index (χ1) is 28.5. The molecule has 0 aromatic heterocycles. The molecule has 0 spiro atoms. The van der Waals surface area contributed by atoms with Gasteiger partial charge in [0.05, 0.1) is 43.5 Å². The zero-order chi connectivity index (χ0) is 45.6. The molecule has 4 fully saturated rings. The van der Waals surface area contributed by atoms with E-state index in [-0.39, 0.29) is 13.1 Å². The highest BCUT2D eigenvalue weighted by atomic mass is 32.3. The maximum atomic E-state index is 11.7. The predicted molar refractivity (Wildman–Crippen MR) is 192 cm³/mol. The number of aliphatic hydroxyl groups is 7. The number of ether oxygens (including phenoxy) is 8. The Hall–Kier alpha value is -1.92. The van der Waals surface area contributed by atoms with Crippen LogP contribution >= 0.6 is 0 Å². The van der Waals surface area contributed by atoms with Gasteiger partial charge in [-0.3, -0.25) is 18.7 Å². The van der Waals surface area contributed by atoms with Crippen molar-refractivity contribution in [2.75, 3.05) is 26.4 Å². The van der Waals surface area contributed by atoms with E-state index in [1.807, 2.05) is 0 Å². The third-order valence-corrected chi connectivity index (χ3v) is 11.6. The molecule has 27 nitrogen and oxygen atoms in total. The van der Waals surface area contributed by atoms with Gasteiger partial charge in [0.15, 0.2) is 25.0 Å². The molecule has 12 N–H and O–H groups in total. The molecule has 1 saturated carbocycles. The van der Waals surface area contributed by atoms with Crippen LogP contribution in [-0.2, 0) is 76.6 Å². The Labute approximate surface area is 349 Å². The second-order valence-electron chi connectivity index (χ2n) is 15.0. The maximum absolute atomic E-state index is 11.7. The molecule has 4 aliphatic rings. The molecule has 3 saturated heterocycles. The second kappa shape index (κ2) is 22.3. The Morgan fingerprint density at radius 1 is 0.656 bits per heavy atom. The normalized spacial score (nSPS) is 42.5. The van der Waals surface area contributed by atoms with Crippen LogP contribution in [0.15, 0.2) is 0 Å². The average Bonchev–Trinajstić information content (AvgIpc) is 3.18. The first kappa shape index (κ1) is 51.7. The van der Waals surface area contributed by atoms with Crippen molar-refractivity contribution < 1.29 is 123 Å². The van der Waals surface area contributed by atoms with E-state index >= 15 is 0 Å². The minimum absolute atomic E-state index is 0.149. The number of carboxylic acid groups (broad SMARTS) is 1. The summed E-state index contributed by atoms with van der Waals surface area (Å²) in [7, 11) is -10.3. The fraction of sp³-hybridized carbons (Fsp3) is 0.938. The van der Waals surface area contributed by atoms with Crippen LogP contribution in [0.25, 0.3) is 0 Å². The maximum Gasteiger partial charge on any atom is 0.397 e. The molecule has 61 heavy (non-hydrogen) atoms. The molecule has 0 radical (unpaired) electrons. The Morgan fingerprint density at radius 2 is 1.20 bits per heavy atom. The SMILES string of the molecule is CC1C(O)[C@H](O[C@@H]2O[C@@H](OC=O)[C@@H](O[C@H]3OC(COS(=O)(=O)O)[C@@H](OC4CC(C(=O)O)[C@@H](O)[C@H](O)[C@@H]4O)[C@H](O)C3C)C(O)C2O)[C@H](COS(=O)(=O)O)O[C@@H]1OCCCCCN. The van der Waals surface area contributed by atoms with Gasteiger partial charge in [-0.2, -0.15) is 16.8 Å². The molecular weight excluding hydrogens is 878 g/mol. The fourth-order valence-electron chi connectivity index (χ4n) is 7.30. The first-order valence-electron chi connectivity index (χ1n) is 19.1. The van der Waals surface area contributed by atoms with Crippen molar-refractivity contribution in [3.8, 4) is 0 Å². The molecule has 3 aliphatic heterocycles. The van der Waals surface area contributed by atoms with Gasteiger partial charge in [0, 0.05) is 18.4 Å². The lowest BCUT2D eigenvalue weighted by molar-refractivity contribution is -0.396. The van der Waals surface area contributed by atoms with Crippen molar-refractivity contribution in [3.63, 3.8) is 0 Å². The number of hydrogen-bond acceptors (Lipinski definition) is 24. The van der Waals surface area contributed by atoms with Crippen LogP contribution in [0, 0.1) is 17.8 Å². The van der Waals surface area contributed by atoms with Gasteiger partial charge in [-0.25, -0.2) is 8.37 Å². The number of carboxylic acids is 1. The number of rotatable bonds is 21. The van der Waals surface area contributed by atoms with Crippen molar-refractivity contribution >= 4 is 33.2 Å². The van der Waals surface area contributed by atoms with Crippen LogP contribution in [0.3, 0.4) is 0 Å². The van der Waals surface area contributed by atoms with Crippen molar-refractivity contribution in [2.24, 2.45) is 23.5 Å². The van der Waals surface area contributed by atoms with Crippen LogP contribution in [0.5, 0.6) is 0 Å². The summed E-state index contributed by atoms with van der Waals surface area (Å²) in [5.41, 5.74) is 5.50. The smallest absolute Gasteiger partial charge is 0.397 e. The van der Waals surface area contributed by atoms with Crippen LogP contribution < -0.4 is 5.73 Å². The lowest BCUT2D eigenvalue weighted by Gasteiger charge is -2.49. The number of aliphatic carboxylic acids is 1. The van der Waals surface area contributed by atoms with Crippen LogP contribution in [0.2, 0.25) is 0 Å². The lowest BCUT2D eigenvalue weighted by Crippen LogP contribution is -2.65. The number of carbonyl (C=O) groups excluding carboxylic acids is 1. The van der Waals surface area contributed by atoms with Crippen LogP contribution in [-0.4, -0.2) is 210 Å². The van der Waals surface area contributed by atoms with Gasteiger partial charge in [-0.05, 0) is 32.2 Å². The summed E-state index contributed by atoms with van der Waals surface area (Å²) in [6, 6.07) is 0. The van der Waals surface area contributed by atoms with Gasteiger partial charge >= 0.3 is 26.8 Å². The van der Waals surface area contributed by atoms with Crippen molar-refractivity contribution in [3.05, 3.63) is 0 Å². The molecular formula is C32H55NO26S2. The first-order valence-corrected chi connectivity index (χ1v) is 21.8. The van der Waals surface area contributed by atoms with Crippen molar-refractivity contribution in [1.29, 1.82) is 0 Å². The third-order valence-electron chi connectivity index (χ3n) is 10.8. The summed E-state index contributed by atoms with van der Waals surface area (Å²) < 4.78 is 119. The van der Waals surface area contributed by atoms with E-state index in [4.69, 9.17) is 43.6 Å². The summed E-state index contributed by atoms with van der Waals surface area (Å²) in [4.78, 5) is 23.4. The van der Waals surface area contributed by atoms with Gasteiger partial charge in [0.2, 0.25) is 6.29 Å². The molecule has 20 atom stereocenters. The molecule has 4 rings (SSSR count). The molecule has 356 valence electrons. The van der Waals surface area contributed by atoms with Crippen LogP contribution in [0.4, 0.5) is 0 Å². The highest BCUT2D eigenvalue weighted by Gasteiger charge is 2.55. The van der Waals surface area contributed by atoms with Gasteiger partial charge in [-0.15, -0.1) is 0 Å². The molecule has 3 heterocycles. The van der Waals surface area contributed by atoms with Crippen molar-refractivity contribution in [1.82, 2.24) is 0 Å². The molecule has 0 amide bonds. The summed E-state index contributed by atoms with van der Waals surface area (Å²) in [6.45, 7) is 1.12. The van der Waals surface area contributed by atoms with E-state index < -0.39 is 169 Å². The predicted octanol–water partition coefficient (Wildman–Crippen LogP) is -5.50. The standard InChI is InChI=1S/C32H55NO26S2/c1-12-18(35)26(17(10-53-61(47,48)49)55-29(12)50-7-5-3-4-6-33)57-31-24(41)23(40)27(32(59-31)51-11-34)58-30-13(2)19(36)25(16(56-30)9-52-60(44,45)46)54-15-8-14(28(42)43)20(37)22(39)21(15)38/h11-27,29-32,35-41H,3-10,33H2,1-2H3,(H,42,43)(H,44,45,46)(H,47,48,49)/t12?,13?,14?,15?,16?,17-,18?,19+,20+,21+,22-,23?,24?,25+,26+,27-,29-,30+,31+,32+/m0/s1. The monoisotopic (exact) mass is 933 g/mol. The van der Waals surface area contributed by atoms with E-state index in [2.05, 4.69) is 8.37 Å². The van der Waals surface area contributed by atoms with Gasteiger partial charge in [-0.1, -0.05) is 13.8 Å². The van der Waals surface area contributed by atoms with Crippen LogP contribution in [0.1, 0.15) is 39.5 Å². The van der Waals surface area contributed by atoms with Gasteiger partial charge in [0.1, 0.15) is 48.8 Å². The number of hydrogen-bond donors (Lipinski definition) is 11. The lowest BCUT2D eigenvalue weighted by atomic mass is 9.80. The summed E-state index contributed by atoms with van der Waals surface area (Å²) >= 11 is 0. The van der Waals surface area contributed by atoms with Gasteiger partial charge in [0.25, 0.3) is 6.47 Å². The third kappa shape index (κ3) is 13.6. The molecule has 0 aromatic rings. The fourth-order valence-corrected chi connectivity index (χ4v) is 7.91. The Kier molecular flexibility index (Phi) is 18.9. The molecule has 0 bridgehead atoms. The molecule has 0 aromatic carbocycles. The Balaban J connectivity index is 1.53. The van der Waals surface area contributed by atoms with E-state index in [0.29, 0.717) is 25.8 Å². The minimum Gasteiger partial charge on any atom is -0.481 e. The number of carbonyl (C=O) groups is 2. The Morgan fingerprint density at radius 3 is 1.74 bits per heavy atom. The summed E-state index contributed by atoms with van der Waals surface area (Å²) in [6.07, 6.45) is -29.5. The molecule has 1 aliphatic carbocycles. The average molecular weight is 934 g/mol. The van der Waals surface area contributed by atoms with E-state index in [1.165, 1.54) is 13.8 Å². The second-order valence-corrected chi connectivity index (χ2v) is 17.2. The van der Waals surface area contributed by atoms with E-state index in [0.717, 1.165) is 0 Å². The number of nitrogens with two attached hydrogens (primary N) is 1. The quantitative estimate of drug-likeness (QED) is 0.0290. The summed E-state index contributed by atoms with van der Waals surface area (Å²) in [5.74, 6) is -5.43. The topological polar surface area (TPSA) is 423 Å². The Bertz CT molecular complexity index is 1630.